The van der Waals surface area contributed by atoms with E-state index in [1.807, 2.05) is 0 Å². The molecular formula is C27H38N2OS. The second kappa shape index (κ2) is 11.1. The molecule has 3 rings (SSSR count). The SMILES string of the molecule is Cc1ccc(SC(NC(=O)Nc2c(C(C)C)cccc2C(C)C)C2CCCCC2)cc1. The van der Waals surface area contributed by atoms with Gasteiger partial charge in [-0.05, 0) is 60.8 Å². The maximum absolute atomic E-state index is 13.2. The minimum atomic E-state index is -0.0924. The number of anilines is 1. The van der Waals surface area contributed by atoms with E-state index in [1.165, 1.54) is 53.7 Å². The van der Waals surface area contributed by atoms with Crippen LogP contribution in [0, 0.1) is 12.8 Å². The highest BCUT2D eigenvalue weighted by Crippen LogP contribution is 2.36. The van der Waals surface area contributed by atoms with Crippen molar-refractivity contribution in [3.63, 3.8) is 0 Å². The number of hydrogen-bond donors (Lipinski definition) is 2. The van der Waals surface area contributed by atoms with Gasteiger partial charge in [-0.3, -0.25) is 0 Å². The number of amides is 2. The van der Waals surface area contributed by atoms with E-state index in [2.05, 4.69) is 87.7 Å². The van der Waals surface area contributed by atoms with Gasteiger partial charge in [0, 0.05) is 10.6 Å². The minimum Gasteiger partial charge on any atom is -0.325 e. The number of para-hydroxylation sites is 1. The Morgan fingerprint density at radius 3 is 2.03 bits per heavy atom. The van der Waals surface area contributed by atoms with Gasteiger partial charge in [0.2, 0.25) is 0 Å². The van der Waals surface area contributed by atoms with Crippen LogP contribution < -0.4 is 10.6 Å². The van der Waals surface area contributed by atoms with Crippen molar-refractivity contribution in [2.75, 3.05) is 5.32 Å². The Morgan fingerprint density at radius 1 is 0.903 bits per heavy atom. The minimum absolute atomic E-state index is 0.0803. The first-order chi connectivity index (χ1) is 14.8. The Labute approximate surface area is 192 Å². The molecule has 0 saturated heterocycles. The van der Waals surface area contributed by atoms with E-state index in [-0.39, 0.29) is 11.4 Å². The van der Waals surface area contributed by atoms with Crippen LogP contribution in [-0.2, 0) is 0 Å². The van der Waals surface area contributed by atoms with Gasteiger partial charge >= 0.3 is 6.03 Å². The van der Waals surface area contributed by atoms with E-state index in [1.54, 1.807) is 11.8 Å². The molecule has 1 aliphatic rings. The van der Waals surface area contributed by atoms with Gasteiger partial charge < -0.3 is 10.6 Å². The second-order valence-electron chi connectivity index (χ2n) is 9.47. The van der Waals surface area contributed by atoms with Crippen molar-refractivity contribution in [3.05, 3.63) is 59.2 Å². The van der Waals surface area contributed by atoms with E-state index in [0.29, 0.717) is 17.8 Å². The summed E-state index contributed by atoms with van der Waals surface area (Å²) in [6.07, 6.45) is 6.19. The van der Waals surface area contributed by atoms with Crippen molar-refractivity contribution in [3.8, 4) is 0 Å². The lowest BCUT2D eigenvalue weighted by atomic mass is 9.89. The van der Waals surface area contributed by atoms with Gasteiger partial charge in [0.25, 0.3) is 0 Å². The molecule has 2 aromatic rings. The molecule has 1 fully saturated rings. The number of carbonyl (C=O) groups excluding carboxylic acids is 1. The summed E-state index contributed by atoms with van der Waals surface area (Å²) in [6.45, 7) is 10.8. The molecule has 168 valence electrons. The number of rotatable bonds is 7. The van der Waals surface area contributed by atoms with E-state index >= 15 is 0 Å². The van der Waals surface area contributed by atoms with Crippen LogP contribution in [0.5, 0.6) is 0 Å². The Hall–Kier alpha value is -1.94. The van der Waals surface area contributed by atoms with Crippen LogP contribution in [0.15, 0.2) is 47.4 Å². The zero-order valence-electron chi connectivity index (χ0n) is 19.7. The largest absolute Gasteiger partial charge is 0.325 e. The van der Waals surface area contributed by atoms with Crippen LogP contribution in [0.4, 0.5) is 10.5 Å². The molecule has 1 atom stereocenters. The van der Waals surface area contributed by atoms with Crippen LogP contribution >= 0.6 is 11.8 Å². The summed E-state index contributed by atoms with van der Waals surface area (Å²) in [5.41, 5.74) is 4.63. The standard InChI is InChI=1S/C27H38N2OS/c1-18(2)23-12-9-13-24(19(3)4)25(23)28-27(30)29-26(21-10-7-6-8-11-21)31-22-16-14-20(5)15-17-22/h9,12-19,21,26H,6-8,10-11H2,1-5H3,(H2,28,29,30). The average Bonchev–Trinajstić information content (AvgIpc) is 2.75. The molecule has 2 amide bonds. The van der Waals surface area contributed by atoms with Gasteiger partial charge in [0.1, 0.15) is 0 Å². The molecule has 0 spiro atoms. The summed E-state index contributed by atoms with van der Waals surface area (Å²) < 4.78 is 0. The second-order valence-corrected chi connectivity index (χ2v) is 10.7. The fourth-order valence-electron chi connectivity index (χ4n) is 4.42. The zero-order valence-corrected chi connectivity index (χ0v) is 20.5. The lowest BCUT2D eigenvalue weighted by Crippen LogP contribution is -2.41. The Balaban J connectivity index is 1.79. The third-order valence-corrected chi connectivity index (χ3v) is 7.55. The summed E-state index contributed by atoms with van der Waals surface area (Å²) in [5, 5.41) is 6.67. The maximum Gasteiger partial charge on any atom is 0.320 e. The highest BCUT2D eigenvalue weighted by atomic mass is 32.2. The molecule has 3 nitrogen and oxygen atoms in total. The van der Waals surface area contributed by atoms with Crippen LogP contribution in [0.25, 0.3) is 0 Å². The first-order valence-corrected chi connectivity index (χ1v) is 12.7. The molecule has 31 heavy (non-hydrogen) atoms. The van der Waals surface area contributed by atoms with Gasteiger partial charge in [-0.25, -0.2) is 4.79 Å². The monoisotopic (exact) mass is 438 g/mol. The Bertz CT molecular complexity index is 828. The Morgan fingerprint density at radius 2 is 1.48 bits per heavy atom. The predicted molar refractivity (Wildman–Crippen MR) is 134 cm³/mol. The maximum atomic E-state index is 13.2. The molecule has 0 aliphatic heterocycles. The van der Waals surface area contributed by atoms with Gasteiger partial charge in [0.05, 0.1) is 5.37 Å². The molecular weight excluding hydrogens is 400 g/mol. The first-order valence-electron chi connectivity index (χ1n) is 11.8. The van der Waals surface area contributed by atoms with E-state index in [4.69, 9.17) is 0 Å². The van der Waals surface area contributed by atoms with E-state index < -0.39 is 0 Å². The molecule has 2 aromatic carbocycles. The number of nitrogens with one attached hydrogen (secondary N) is 2. The highest BCUT2D eigenvalue weighted by molar-refractivity contribution is 8.00. The number of aryl methyl sites for hydroxylation is 1. The molecule has 1 saturated carbocycles. The van der Waals surface area contributed by atoms with E-state index in [0.717, 1.165) is 5.69 Å². The molecule has 0 radical (unpaired) electrons. The summed E-state index contributed by atoms with van der Waals surface area (Å²) >= 11 is 1.79. The molecule has 1 aliphatic carbocycles. The van der Waals surface area contributed by atoms with Gasteiger partial charge in [-0.15, -0.1) is 11.8 Å². The molecule has 4 heteroatoms. The van der Waals surface area contributed by atoms with Gasteiger partial charge in [-0.2, -0.15) is 0 Å². The normalized spacial score (nSPS) is 15.8. The van der Waals surface area contributed by atoms with Crippen molar-refractivity contribution in [1.82, 2.24) is 5.32 Å². The number of hydrogen-bond acceptors (Lipinski definition) is 2. The summed E-state index contributed by atoms with van der Waals surface area (Å²) in [5.74, 6) is 1.21. The first kappa shape index (κ1) is 23.7. The highest BCUT2D eigenvalue weighted by Gasteiger charge is 2.27. The van der Waals surface area contributed by atoms with Crippen LogP contribution in [0.3, 0.4) is 0 Å². The van der Waals surface area contributed by atoms with Crippen molar-refractivity contribution in [2.45, 2.75) is 88.8 Å². The molecule has 0 bridgehead atoms. The third-order valence-electron chi connectivity index (χ3n) is 6.25. The molecule has 0 aromatic heterocycles. The number of carbonyl (C=O) groups is 1. The van der Waals surface area contributed by atoms with Crippen LogP contribution in [0.1, 0.15) is 88.3 Å². The molecule has 1 unspecified atom stereocenters. The molecule has 0 heterocycles. The van der Waals surface area contributed by atoms with Crippen LogP contribution in [0.2, 0.25) is 0 Å². The lowest BCUT2D eigenvalue weighted by molar-refractivity contribution is 0.244. The van der Waals surface area contributed by atoms with Crippen molar-refractivity contribution < 1.29 is 4.79 Å². The Kier molecular flexibility index (Phi) is 8.48. The summed E-state index contributed by atoms with van der Waals surface area (Å²) in [7, 11) is 0. The lowest BCUT2D eigenvalue weighted by Gasteiger charge is -2.31. The zero-order chi connectivity index (χ0) is 22.4. The van der Waals surface area contributed by atoms with Crippen LogP contribution in [-0.4, -0.2) is 11.4 Å². The number of thioether (sulfide) groups is 1. The fraction of sp³-hybridized carbons (Fsp3) is 0.519. The quantitative estimate of drug-likeness (QED) is 0.339. The van der Waals surface area contributed by atoms with Crippen molar-refractivity contribution in [1.29, 1.82) is 0 Å². The summed E-state index contributed by atoms with van der Waals surface area (Å²) in [4.78, 5) is 14.4. The smallest absolute Gasteiger partial charge is 0.320 e. The predicted octanol–water partition coefficient (Wildman–Crippen LogP) is 8.06. The van der Waals surface area contributed by atoms with Gasteiger partial charge in [-0.1, -0.05) is 82.9 Å². The number of benzene rings is 2. The molecule has 2 N–H and O–H groups in total. The van der Waals surface area contributed by atoms with Crippen molar-refractivity contribution in [2.24, 2.45) is 5.92 Å². The van der Waals surface area contributed by atoms with E-state index in [9.17, 15) is 4.79 Å². The fourth-order valence-corrected chi connectivity index (χ4v) is 5.64. The van der Waals surface area contributed by atoms with Gasteiger partial charge in [0.15, 0.2) is 0 Å². The summed E-state index contributed by atoms with van der Waals surface area (Å²) in [6, 6.07) is 14.9. The van der Waals surface area contributed by atoms with Crippen molar-refractivity contribution >= 4 is 23.5 Å². The third kappa shape index (κ3) is 6.52. The number of urea groups is 1. The average molecular weight is 439 g/mol. The topological polar surface area (TPSA) is 41.1 Å².